The van der Waals surface area contributed by atoms with Crippen LogP contribution in [0.15, 0.2) is 18.2 Å². The molecule has 0 radical (unpaired) electrons. The Balaban J connectivity index is 2.08. The number of rotatable bonds is 4. The summed E-state index contributed by atoms with van der Waals surface area (Å²) in [6.07, 6.45) is 0. The molecule has 0 aromatic heterocycles. The summed E-state index contributed by atoms with van der Waals surface area (Å²) in [6, 6.07) is 3.31. The number of nitro benzene ring substituents is 1. The van der Waals surface area contributed by atoms with Crippen molar-refractivity contribution in [3.8, 4) is 0 Å². The molecule has 0 spiro atoms. The molecule has 6 nitrogen and oxygen atoms in total. The van der Waals surface area contributed by atoms with E-state index in [9.17, 15) is 19.3 Å². The highest BCUT2D eigenvalue weighted by Crippen LogP contribution is 2.23. The van der Waals surface area contributed by atoms with Gasteiger partial charge >= 0.3 is 5.69 Å². The van der Waals surface area contributed by atoms with Crippen LogP contribution in [0.25, 0.3) is 0 Å². The fourth-order valence-electron chi connectivity index (χ4n) is 1.87. The number of nitrogens with one attached hydrogen (secondary N) is 2. The van der Waals surface area contributed by atoms with Crippen molar-refractivity contribution in [1.82, 2.24) is 5.32 Å². The molecule has 0 bridgehead atoms. The van der Waals surface area contributed by atoms with Crippen LogP contribution in [0.5, 0.6) is 0 Å². The summed E-state index contributed by atoms with van der Waals surface area (Å²) < 4.78 is 13.1. The first kappa shape index (κ1) is 13.4. The van der Waals surface area contributed by atoms with Gasteiger partial charge in [0.1, 0.15) is 0 Å². The van der Waals surface area contributed by atoms with Crippen LogP contribution in [0.1, 0.15) is 6.92 Å². The average molecular weight is 267 g/mol. The van der Waals surface area contributed by atoms with Crippen molar-refractivity contribution in [2.45, 2.75) is 6.92 Å². The molecule has 1 unspecified atom stereocenters. The highest BCUT2D eigenvalue weighted by Gasteiger charge is 2.29. The van der Waals surface area contributed by atoms with Crippen molar-refractivity contribution in [3.05, 3.63) is 34.1 Å². The minimum Gasteiger partial charge on any atom is -0.326 e. The number of hydrogen-bond acceptors (Lipinski definition) is 4. The number of anilines is 1. The van der Waals surface area contributed by atoms with Crippen LogP contribution in [-0.2, 0) is 4.79 Å². The fourth-order valence-corrected chi connectivity index (χ4v) is 1.87. The summed E-state index contributed by atoms with van der Waals surface area (Å²) in [5, 5.41) is 16.3. The largest absolute Gasteiger partial charge is 0.326 e. The van der Waals surface area contributed by atoms with Gasteiger partial charge in [-0.2, -0.15) is 4.39 Å². The number of benzene rings is 1. The minimum absolute atomic E-state index is 0.189. The second kappa shape index (κ2) is 5.31. The molecule has 1 aromatic rings. The number of nitrogens with zero attached hydrogens (tertiary/aromatic N) is 1. The fraction of sp³-hybridized carbons (Fsp3) is 0.417. The number of carbonyl (C=O) groups excluding carboxylic acids is 1. The van der Waals surface area contributed by atoms with Gasteiger partial charge in [0.05, 0.1) is 4.92 Å². The first-order valence-electron chi connectivity index (χ1n) is 5.94. The third-order valence-corrected chi connectivity index (χ3v) is 3.34. The molecule has 1 fully saturated rings. The number of halogens is 1. The Kier molecular flexibility index (Phi) is 3.75. The molecular formula is C12H14FN3O3. The maximum atomic E-state index is 13.1. The topological polar surface area (TPSA) is 84.3 Å². The Morgan fingerprint density at radius 3 is 2.79 bits per heavy atom. The molecular weight excluding hydrogens is 253 g/mol. The molecule has 1 aromatic carbocycles. The van der Waals surface area contributed by atoms with Gasteiger partial charge in [-0.05, 0) is 31.1 Å². The van der Waals surface area contributed by atoms with E-state index in [1.165, 1.54) is 6.07 Å². The van der Waals surface area contributed by atoms with Gasteiger partial charge in [0.25, 0.3) is 0 Å². The molecule has 2 N–H and O–H groups in total. The Bertz CT molecular complexity index is 517. The summed E-state index contributed by atoms with van der Waals surface area (Å²) in [6.45, 7) is 3.38. The van der Waals surface area contributed by atoms with Crippen molar-refractivity contribution in [2.75, 3.05) is 18.4 Å². The second-order valence-electron chi connectivity index (χ2n) is 4.62. The summed E-state index contributed by atoms with van der Waals surface area (Å²) in [5.41, 5.74) is -0.409. The van der Waals surface area contributed by atoms with Crippen LogP contribution < -0.4 is 10.6 Å². The average Bonchev–Trinajstić information content (AvgIpc) is 2.28. The molecule has 1 amide bonds. The lowest BCUT2D eigenvalue weighted by Crippen LogP contribution is -2.48. The zero-order valence-corrected chi connectivity index (χ0v) is 10.4. The van der Waals surface area contributed by atoms with E-state index in [0.717, 1.165) is 25.2 Å². The molecule has 7 heteroatoms. The summed E-state index contributed by atoms with van der Waals surface area (Å²) in [5.74, 6) is -1.05. The predicted molar refractivity (Wildman–Crippen MR) is 67.2 cm³/mol. The van der Waals surface area contributed by atoms with Crippen LogP contribution in [0.2, 0.25) is 0 Å². The van der Waals surface area contributed by atoms with Crippen molar-refractivity contribution < 1.29 is 14.1 Å². The van der Waals surface area contributed by atoms with Gasteiger partial charge in [0, 0.05) is 17.7 Å². The lowest BCUT2D eigenvalue weighted by molar-refractivity contribution is -0.387. The molecule has 1 aliphatic heterocycles. The lowest BCUT2D eigenvalue weighted by atomic mass is 9.88. The monoisotopic (exact) mass is 267 g/mol. The highest BCUT2D eigenvalue weighted by molar-refractivity contribution is 5.92. The Morgan fingerprint density at radius 2 is 2.26 bits per heavy atom. The van der Waals surface area contributed by atoms with E-state index in [0.29, 0.717) is 0 Å². The standard InChI is InChI=1S/C12H14FN3O3/c1-7(8-5-14-6-8)12(17)15-9-2-3-10(13)11(4-9)16(18)19/h2-4,7-8,14H,5-6H2,1H3,(H,15,17). The van der Waals surface area contributed by atoms with E-state index in [1.807, 2.05) is 0 Å². The molecule has 0 aliphatic carbocycles. The Hall–Kier alpha value is -2.02. The van der Waals surface area contributed by atoms with Crippen molar-refractivity contribution >= 4 is 17.3 Å². The molecule has 1 atom stereocenters. The third kappa shape index (κ3) is 2.87. The van der Waals surface area contributed by atoms with Crippen molar-refractivity contribution in [2.24, 2.45) is 11.8 Å². The maximum Gasteiger partial charge on any atom is 0.306 e. The number of amides is 1. The van der Waals surface area contributed by atoms with E-state index < -0.39 is 16.4 Å². The van der Waals surface area contributed by atoms with Gasteiger partial charge in [-0.3, -0.25) is 14.9 Å². The summed E-state index contributed by atoms with van der Waals surface area (Å²) in [4.78, 5) is 21.7. The van der Waals surface area contributed by atoms with E-state index in [2.05, 4.69) is 10.6 Å². The zero-order chi connectivity index (χ0) is 14.0. The highest BCUT2D eigenvalue weighted by atomic mass is 19.1. The van der Waals surface area contributed by atoms with E-state index in [4.69, 9.17) is 0 Å². The first-order valence-corrected chi connectivity index (χ1v) is 5.94. The predicted octanol–water partition coefficient (Wildman–Crippen LogP) is 1.53. The summed E-state index contributed by atoms with van der Waals surface area (Å²) in [7, 11) is 0. The van der Waals surface area contributed by atoms with Crippen LogP contribution >= 0.6 is 0 Å². The van der Waals surface area contributed by atoms with E-state index >= 15 is 0 Å². The SMILES string of the molecule is CC(C(=O)Nc1ccc(F)c([N+](=O)[O-])c1)C1CNC1. The van der Waals surface area contributed by atoms with Crippen LogP contribution in [0, 0.1) is 27.8 Å². The zero-order valence-electron chi connectivity index (χ0n) is 10.4. The van der Waals surface area contributed by atoms with Gasteiger partial charge in [0.2, 0.25) is 11.7 Å². The quantitative estimate of drug-likeness (QED) is 0.640. The van der Waals surface area contributed by atoms with Gasteiger partial charge in [0.15, 0.2) is 0 Å². The van der Waals surface area contributed by atoms with Crippen molar-refractivity contribution in [1.29, 1.82) is 0 Å². The normalized spacial score (nSPS) is 16.5. The molecule has 102 valence electrons. The Morgan fingerprint density at radius 1 is 1.58 bits per heavy atom. The van der Waals surface area contributed by atoms with Crippen LogP contribution in [-0.4, -0.2) is 23.9 Å². The second-order valence-corrected chi connectivity index (χ2v) is 4.62. The molecule has 0 saturated carbocycles. The van der Waals surface area contributed by atoms with Gasteiger partial charge in [-0.25, -0.2) is 0 Å². The summed E-state index contributed by atoms with van der Waals surface area (Å²) >= 11 is 0. The smallest absolute Gasteiger partial charge is 0.306 e. The molecule has 1 heterocycles. The van der Waals surface area contributed by atoms with Gasteiger partial charge in [-0.1, -0.05) is 6.92 Å². The lowest BCUT2D eigenvalue weighted by Gasteiger charge is -2.31. The van der Waals surface area contributed by atoms with E-state index in [-0.39, 0.29) is 23.4 Å². The number of carbonyl (C=O) groups is 1. The van der Waals surface area contributed by atoms with Crippen LogP contribution in [0.3, 0.4) is 0 Å². The molecule has 19 heavy (non-hydrogen) atoms. The Labute approximate surface area is 109 Å². The third-order valence-electron chi connectivity index (χ3n) is 3.34. The molecule has 2 rings (SSSR count). The first-order chi connectivity index (χ1) is 8.99. The molecule has 1 saturated heterocycles. The maximum absolute atomic E-state index is 13.1. The number of nitro groups is 1. The van der Waals surface area contributed by atoms with Gasteiger partial charge < -0.3 is 10.6 Å². The van der Waals surface area contributed by atoms with Gasteiger partial charge in [-0.15, -0.1) is 0 Å². The molecule has 1 aliphatic rings. The van der Waals surface area contributed by atoms with Crippen molar-refractivity contribution in [3.63, 3.8) is 0 Å². The van der Waals surface area contributed by atoms with E-state index in [1.54, 1.807) is 6.92 Å². The van der Waals surface area contributed by atoms with Crippen LogP contribution in [0.4, 0.5) is 15.8 Å². The minimum atomic E-state index is -0.917. The number of hydrogen-bond donors (Lipinski definition) is 2.